The monoisotopic (exact) mass is 312 g/mol. The fraction of sp³-hybridized carbons (Fsp3) is 0.647. The molecule has 1 aromatic rings. The number of hydrogen-bond acceptors (Lipinski definition) is 2. The van der Waals surface area contributed by atoms with Crippen LogP contribution in [-0.2, 0) is 0 Å². The van der Waals surface area contributed by atoms with Gasteiger partial charge in [-0.3, -0.25) is 4.90 Å². The molecule has 1 fully saturated rings. The highest BCUT2D eigenvalue weighted by Gasteiger charge is 2.24. The highest BCUT2D eigenvalue weighted by molar-refractivity contribution is 6.31. The van der Waals surface area contributed by atoms with E-state index >= 15 is 0 Å². The molecule has 0 radical (unpaired) electrons. The molecule has 1 aliphatic rings. The van der Waals surface area contributed by atoms with Crippen molar-refractivity contribution < 1.29 is 4.39 Å². The summed E-state index contributed by atoms with van der Waals surface area (Å²) in [6.07, 6.45) is 3.81. The SMILES string of the molecule is CC(C)N(CC1CCCCN1)C(C)c1ccc(F)cc1Cl. The molecule has 21 heavy (non-hydrogen) atoms. The number of hydrogen-bond donors (Lipinski definition) is 1. The van der Waals surface area contributed by atoms with E-state index in [1.807, 2.05) is 6.07 Å². The van der Waals surface area contributed by atoms with E-state index < -0.39 is 0 Å². The Balaban J connectivity index is 2.12. The molecule has 1 saturated heterocycles. The van der Waals surface area contributed by atoms with Gasteiger partial charge in [0.15, 0.2) is 0 Å². The van der Waals surface area contributed by atoms with Gasteiger partial charge >= 0.3 is 0 Å². The summed E-state index contributed by atoms with van der Waals surface area (Å²) in [6, 6.07) is 5.86. The van der Waals surface area contributed by atoms with E-state index in [1.165, 1.54) is 31.4 Å². The molecule has 2 nitrogen and oxygen atoms in total. The molecule has 0 bridgehead atoms. The van der Waals surface area contributed by atoms with Gasteiger partial charge in [0, 0.05) is 29.7 Å². The lowest BCUT2D eigenvalue weighted by Crippen LogP contribution is -2.46. The van der Waals surface area contributed by atoms with Gasteiger partial charge in [-0.15, -0.1) is 0 Å². The zero-order valence-corrected chi connectivity index (χ0v) is 14.0. The molecule has 0 aliphatic carbocycles. The number of halogens is 2. The predicted molar refractivity (Wildman–Crippen MR) is 87.3 cm³/mol. The van der Waals surface area contributed by atoms with E-state index in [0.29, 0.717) is 17.1 Å². The molecule has 2 rings (SSSR count). The lowest BCUT2D eigenvalue weighted by Gasteiger charge is -2.37. The highest BCUT2D eigenvalue weighted by Crippen LogP contribution is 2.30. The van der Waals surface area contributed by atoms with Crippen LogP contribution in [0.3, 0.4) is 0 Å². The van der Waals surface area contributed by atoms with E-state index in [0.717, 1.165) is 18.7 Å². The first-order valence-electron chi connectivity index (χ1n) is 7.93. The third kappa shape index (κ3) is 4.41. The Labute approximate surface area is 132 Å². The molecule has 4 heteroatoms. The minimum atomic E-state index is -0.277. The van der Waals surface area contributed by atoms with Crippen LogP contribution < -0.4 is 5.32 Å². The second-order valence-electron chi connectivity index (χ2n) is 6.28. The van der Waals surface area contributed by atoms with Gasteiger partial charge in [-0.1, -0.05) is 24.1 Å². The van der Waals surface area contributed by atoms with E-state index in [4.69, 9.17) is 11.6 Å². The van der Waals surface area contributed by atoms with E-state index in [1.54, 1.807) is 0 Å². The molecule has 2 atom stereocenters. The van der Waals surface area contributed by atoms with Crippen molar-refractivity contribution in [3.8, 4) is 0 Å². The Kier molecular flexibility index (Phi) is 6.03. The van der Waals surface area contributed by atoms with Gasteiger partial charge in [0.05, 0.1) is 0 Å². The van der Waals surface area contributed by atoms with Gasteiger partial charge in [0.25, 0.3) is 0 Å². The van der Waals surface area contributed by atoms with Crippen molar-refractivity contribution in [1.82, 2.24) is 10.2 Å². The van der Waals surface area contributed by atoms with Gasteiger partial charge in [0.1, 0.15) is 5.82 Å². The van der Waals surface area contributed by atoms with Crippen LogP contribution in [0.1, 0.15) is 51.6 Å². The Morgan fingerprint density at radius 2 is 2.10 bits per heavy atom. The largest absolute Gasteiger partial charge is 0.313 e. The molecule has 118 valence electrons. The lowest BCUT2D eigenvalue weighted by molar-refractivity contribution is 0.138. The quantitative estimate of drug-likeness (QED) is 0.867. The van der Waals surface area contributed by atoms with Crippen LogP contribution in [0, 0.1) is 5.82 Å². The zero-order valence-electron chi connectivity index (χ0n) is 13.2. The summed E-state index contributed by atoms with van der Waals surface area (Å²) in [4.78, 5) is 2.45. The molecule has 2 unspecified atom stereocenters. The maximum absolute atomic E-state index is 13.2. The Morgan fingerprint density at radius 3 is 2.67 bits per heavy atom. The van der Waals surface area contributed by atoms with Crippen LogP contribution in [0.4, 0.5) is 4.39 Å². The average Bonchev–Trinajstić information content (AvgIpc) is 2.45. The zero-order chi connectivity index (χ0) is 15.4. The van der Waals surface area contributed by atoms with Gasteiger partial charge in [-0.25, -0.2) is 4.39 Å². The summed E-state index contributed by atoms with van der Waals surface area (Å²) in [7, 11) is 0. The van der Waals surface area contributed by atoms with Crippen molar-refractivity contribution in [3.05, 3.63) is 34.6 Å². The van der Waals surface area contributed by atoms with Crippen molar-refractivity contribution in [2.45, 2.75) is 58.2 Å². The number of rotatable bonds is 5. The van der Waals surface area contributed by atoms with Crippen LogP contribution >= 0.6 is 11.6 Å². The molecular formula is C17H26ClFN2. The first kappa shape index (κ1) is 16.7. The predicted octanol–water partition coefficient (Wildman–Crippen LogP) is 4.39. The molecule has 1 aliphatic heterocycles. The van der Waals surface area contributed by atoms with Crippen molar-refractivity contribution >= 4 is 11.6 Å². The Morgan fingerprint density at radius 1 is 1.33 bits per heavy atom. The van der Waals surface area contributed by atoms with Crippen molar-refractivity contribution in [2.24, 2.45) is 0 Å². The number of nitrogens with one attached hydrogen (secondary N) is 1. The summed E-state index contributed by atoms with van der Waals surface area (Å²) >= 11 is 6.23. The van der Waals surface area contributed by atoms with Crippen LogP contribution in [0.5, 0.6) is 0 Å². The average molecular weight is 313 g/mol. The van der Waals surface area contributed by atoms with E-state index in [-0.39, 0.29) is 11.9 Å². The maximum atomic E-state index is 13.2. The van der Waals surface area contributed by atoms with Crippen LogP contribution in [-0.4, -0.2) is 30.1 Å². The molecular weight excluding hydrogens is 287 g/mol. The maximum Gasteiger partial charge on any atom is 0.124 e. The van der Waals surface area contributed by atoms with Gasteiger partial charge in [-0.2, -0.15) is 0 Å². The number of nitrogens with zero attached hydrogens (tertiary/aromatic N) is 1. The summed E-state index contributed by atoms with van der Waals surface area (Å²) in [6.45, 7) is 8.68. The van der Waals surface area contributed by atoms with Crippen LogP contribution in [0.15, 0.2) is 18.2 Å². The lowest BCUT2D eigenvalue weighted by atomic mass is 10.0. The van der Waals surface area contributed by atoms with Crippen molar-refractivity contribution in [1.29, 1.82) is 0 Å². The van der Waals surface area contributed by atoms with Gasteiger partial charge in [-0.05, 0) is 57.9 Å². The molecule has 0 saturated carbocycles. The number of piperidine rings is 1. The Bertz CT molecular complexity index is 458. The minimum absolute atomic E-state index is 0.182. The molecule has 1 heterocycles. The summed E-state index contributed by atoms with van der Waals surface area (Å²) < 4.78 is 13.2. The highest BCUT2D eigenvalue weighted by atomic mass is 35.5. The molecule has 1 N–H and O–H groups in total. The minimum Gasteiger partial charge on any atom is -0.313 e. The number of benzene rings is 1. The summed E-state index contributed by atoms with van der Waals surface area (Å²) in [5.41, 5.74) is 1.00. The molecule has 0 amide bonds. The summed E-state index contributed by atoms with van der Waals surface area (Å²) in [5.74, 6) is -0.277. The second kappa shape index (κ2) is 7.57. The van der Waals surface area contributed by atoms with Crippen molar-refractivity contribution in [3.63, 3.8) is 0 Å². The third-order valence-electron chi connectivity index (χ3n) is 4.42. The first-order chi connectivity index (χ1) is 9.99. The molecule has 0 aromatic heterocycles. The van der Waals surface area contributed by atoms with Gasteiger partial charge < -0.3 is 5.32 Å². The van der Waals surface area contributed by atoms with E-state index in [9.17, 15) is 4.39 Å². The standard InChI is InChI=1S/C17H26ClFN2/c1-12(2)21(11-15-6-4-5-9-20-15)13(3)16-8-7-14(19)10-17(16)18/h7-8,10,12-13,15,20H,4-6,9,11H2,1-3H3. The first-order valence-corrected chi connectivity index (χ1v) is 8.31. The van der Waals surface area contributed by atoms with E-state index in [2.05, 4.69) is 31.0 Å². The van der Waals surface area contributed by atoms with Crippen LogP contribution in [0.25, 0.3) is 0 Å². The molecule has 0 spiro atoms. The smallest absolute Gasteiger partial charge is 0.124 e. The fourth-order valence-corrected chi connectivity index (χ4v) is 3.49. The third-order valence-corrected chi connectivity index (χ3v) is 4.74. The van der Waals surface area contributed by atoms with Crippen molar-refractivity contribution in [2.75, 3.05) is 13.1 Å². The molecule has 1 aromatic carbocycles. The Hall–Kier alpha value is -0.640. The summed E-state index contributed by atoms with van der Waals surface area (Å²) in [5, 5.41) is 4.12. The normalized spacial score (nSPS) is 21.0. The topological polar surface area (TPSA) is 15.3 Å². The second-order valence-corrected chi connectivity index (χ2v) is 6.69. The van der Waals surface area contributed by atoms with Crippen LogP contribution in [0.2, 0.25) is 5.02 Å². The fourth-order valence-electron chi connectivity index (χ4n) is 3.17. The van der Waals surface area contributed by atoms with Gasteiger partial charge in [0.2, 0.25) is 0 Å².